The summed E-state index contributed by atoms with van der Waals surface area (Å²) in [6, 6.07) is 8.14. The highest BCUT2D eigenvalue weighted by Crippen LogP contribution is 2.08. The predicted molar refractivity (Wildman–Crippen MR) is 74.8 cm³/mol. The fourth-order valence-electron chi connectivity index (χ4n) is 1.59. The van der Waals surface area contributed by atoms with E-state index in [2.05, 4.69) is 31.0 Å². The van der Waals surface area contributed by atoms with Gasteiger partial charge in [-0.05, 0) is 49.2 Å². The molecule has 0 bridgehead atoms. The Kier molecular flexibility index (Phi) is 6.34. The first-order chi connectivity index (χ1) is 7.72. The summed E-state index contributed by atoms with van der Waals surface area (Å²) in [5, 5.41) is 0. The summed E-state index contributed by atoms with van der Waals surface area (Å²) in [6.07, 6.45) is 1.27. The third-order valence-electron chi connectivity index (χ3n) is 2.46. The maximum atomic E-state index is 5.65. The van der Waals surface area contributed by atoms with Crippen molar-refractivity contribution in [3.8, 4) is 0 Å². The number of nitrogens with two attached hydrogens (primary N) is 1. The first kappa shape index (κ1) is 13.4. The maximum absolute atomic E-state index is 5.65. The second kappa shape index (κ2) is 7.58. The van der Waals surface area contributed by atoms with Gasteiger partial charge in [0.1, 0.15) is 0 Å². The number of hydrogen-bond donors (Lipinski definition) is 1. The Morgan fingerprint density at radius 3 is 2.56 bits per heavy atom. The van der Waals surface area contributed by atoms with Crippen LogP contribution in [-0.2, 0) is 6.54 Å². The molecule has 3 heteroatoms. The van der Waals surface area contributed by atoms with E-state index in [0.717, 1.165) is 18.8 Å². The topological polar surface area (TPSA) is 29.3 Å². The number of nitrogens with zero attached hydrogens (tertiary/aromatic N) is 1. The average Bonchev–Trinajstić information content (AvgIpc) is 2.28. The van der Waals surface area contributed by atoms with Gasteiger partial charge in [0, 0.05) is 12.2 Å². The van der Waals surface area contributed by atoms with Crippen molar-refractivity contribution >= 4 is 17.4 Å². The summed E-state index contributed by atoms with van der Waals surface area (Å²) in [7, 11) is 2.17. The lowest BCUT2D eigenvalue weighted by atomic mass is 10.2. The Bertz CT molecular complexity index is 284. The third kappa shape index (κ3) is 5.42. The fourth-order valence-corrected chi connectivity index (χ4v) is 2.22. The van der Waals surface area contributed by atoms with Gasteiger partial charge in [0.2, 0.25) is 0 Å². The molecule has 1 aromatic rings. The lowest BCUT2D eigenvalue weighted by Crippen LogP contribution is -2.19. The van der Waals surface area contributed by atoms with Gasteiger partial charge in [0.25, 0.3) is 0 Å². The molecule has 90 valence electrons. The minimum Gasteiger partial charge on any atom is -0.399 e. The third-order valence-corrected chi connectivity index (χ3v) is 3.45. The van der Waals surface area contributed by atoms with Crippen molar-refractivity contribution in [2.24, 2.45) is 0 Å². The van der Waals surface area contributed by atoms with Crippen LogP contribution in [0.3, 0.4) is 0 Å². The minimum absolute atomic E-state index is 0.839. The smallest absolute Gasteiger partial charge is 0.0314 e. The number of thioether (sulfide) groups is 1. The molecule has 2 nitrogen and oxygen atoms in total. The monoisotopic (exact) mass is 238 g/mol. The van der Waals surface area contributed by atoms with Crippen LogP contribution in [0, 0.1) is 0 Å². The lowest BCUT2D eigenvalue weighted by Gasteiger charge is -2.16. The quantitative estimate of drug-likeness (QED) is 0.585. The van der Waals surface area contributed by atoms with Crippen LogP contribution in [0.4, 0.5) is 5.69 Å². The van der Waals surface area contributed by atoms with Crippen LogP contribution < -0.4 is 5.73 Å². The number of hydrogen-bond acceptors (Lipinski definition) is 3. The second-order valence-electron chi connectivity index (χ2n) is 4.03. The zero-order chi connectivity index (χ0) is 11.8. The second-order valence-corrected chi connectivity index (χ2v) is 5.42. The SMILES string of the molecule is CCSCCCN(C)Cc1ccc(N)cc1. The van der Waals surface area contributed by atoms with E-state index in [9.17, 15) is 0 Å². The van der Waals surface area contributed by atoms with Crippen molar-refractivity contribution in [2.45, 2.75) is 19.9 Å². The van der Waals surface area contributed by atoms with Crippen LogP contribution >= 0.6 is 11.8 Å². The van der Waals surface area contributed by atoms with Crippen LogP contribution in [0.15, 0.2) is 24.3 Å². The average molecular weight is 238 g/mol. The molecule has 0 aliphatic carbocycles. The molecule has 0 amide bonds. The number of nitrogen functional groups attached to an aromatic ring is 1. The van der Waals surface area contributed by atoms with Gasteiger partial charge in [0.15, 0.2) is 0 Å². The molecule has 0 saturated heterocycles. The number of anilines is 1. The summed E-state index contributed by atoms with van der Waals surface area (Å²) in [6.45, 7) is 4.39. The summed E-state index contributed by atoms with van der Waals surface area (Å²) < 4.78 is 0. The van der Waals surface area contributed by atoms with Gasteiger partial charge >= 0.3 is 0 Å². The molecule has 0 heterocycles. The fraction of sp³-hybridized carbons (Fsp3) is 0.538. The normalized spacial score (nSPS) is 10.9. The molecule has 0 aromatic heterocycles. The molecule has 1 rings (SSSR count). The summed E-state index contributed by atoms with van der Waals surface area (Å²) in [4.78, 5) is 2.36. The Labute approximate surface area is 103 Å². The standard InChI is InChI=1S/C13H22N2S/c1-3-16-10-4-9-15(2)11-12-5-7-13(14)8-6-12/h5-8H,3-4,9-11,14H2,1-2H3. The van der Waals surface area contributed by atoms with E-state index in [1.54, 1.807) is 0 Å². The van der Waals surface area contributed by atoms with E-state index in [1.165, 1.54) is 23.5 Å². The predicted octanol–water partition coefficient (Wildman–Crippen LogP) is 2.84. The Morgan fingerprint density at radius 2 is 1.94 bits per heavy atom. The summed E-state index contributed by atoms with van der Waals surface area (Å²) >= 11 is 2.02. The van der Waals surface area contributed by atoms with Gasteiger partial charge in [-0.2, -0.15) is 11.8 Å². The van der Waals surface area contributed by atoms with Crippen molar-refractivity contribution < 1.29 is 0 Å². The Morgan fingerprint density at radius 1 is 1.25 bits per heavy atom. The van der Waals surface area contributed by atoms with E-state index in [1.807, 2.05) is 23.9 Å². The van der Waals surface area contributed by atoms with Crippen LogP contribution in [0.2, 0.25) is 0 Å². The van der Waals surface area contributed by atoms with Gasteiger partial charge in [0.05, 0.1) is 0 Å². The highest BCUT2D eigenvalue weighted by atomic mass is 32.2. The van der Waals surface area contributed by atoms with Crippen LogP contribution in [-0.4, -0.2) is 30.0 Å². The maximum Gasteiger partial charge on any atom is 0.0314 e. The van der Waals surface area contributed by atoms with Gasteiger partial charge < -0.3 is 10.6 Å². The largest absolute Gasteiger partial charge is 0.399 e. The van der Waals surface area contributed by atoms with Gasteiger partial charge in [-0.15, -0.1) is 0 Å². The molecule has 2 N–H and O–H groups in total. The van der Waals surface area contributed by atoms with Crippen molar-refractivity contribution in [1.29, 1.82) is 0 Å². The van der Waals surface area contributed by atoms with Crippen LogP contribution in [0.1, 0.15) is 18.9 Å². The first-order valence-electron chi connectivity index (χ1n) is 5.83. The van der Waals surface area contributed by atoms with E-state index < -0.39 is 0 Å². The molecule has 0 saturated carbocycles. The van der Waals surface area contributed by atoms with Crippen molar-refractivity contribution in [1.82, 2.24) is 4.90 Å². The highest BCUT2D eigenvalue weighted by molar-refractivity contribution is 7.99. The molecule has 0 spiro atoms. The first-order valence-corrected chi connectivity index (χ1v) is 6.98. The molecule has 0 aliphatic heterocycles. The van der Waals surface area contributed by atoms with Gasteiger partial charge in [-0.25, -0.2) is 0 Å². The van der Waals surface area contributed by atoms with Crippen LogP contribution in [0.5, 0.6) is 0 Å². The number of rotatable bonds is 7. The van der Waals surface area contributed by atoms with E-state index in [4.69, 9.17) is 5.73 Å². The van der Waals surface area contributed by atoms with Gasteiger partial charge in [-0.3, -0.25) is 0 Å². The van der Waals surface area contributed by atoms with Crippen LogP contribution in [0.25, 0.3) is 0 Å². The molecule has 0 fully saturated rings. The lowest BCUT2D eigenvalue weighted by molar-refractivity contribution is 0.328. The highest BCUT2D eigenvalue weighted by Gasteiger charge is 1.99. The number of benzene rings is 1. The summed E-state index contributed by atoms with van der Waals surface area (Å²) in [5.41, 5.74) is 7.83. The van der Waals surface area contributed by atoms with Crippen molar-refractivity contribution in [3.05, 3.63) is 29.8 Å². The van der Waals surface area contributed by atoms with Crippen molar-refractivity contribution in [3.63, 3.8) is 0 Å². The Balaban J connectivity index is 2.23. The molecule has 0 atom stereocenters. The van der Waals surface area contributed by atoms with Crippen molar-refractivity contribution in [2.75, 3.05) is 30.8 Å². The molecule has 0 aliphatic rings. The summed E-state index contributed by atoms with van der Waals surface area (Å²) in [5.74, 6) is 2.49. The van der Waals surface area contributed by atoms with E-state index >= 15 is 0 Å². The molecule has 0 radical (unpaired) electrons. The molecular weight excluding hydrogens is 216 g/mol. The zero-order valence-corrected chi connectivity index (χ0v) is 11.1. The van der Waals surface area contributed by atoms with Gasteiger partial charge in [-0.1, -0.05) is 19.1 Å². The zero-order valence-electron chi connectivity index (χ0n) is 10.3. The molecular formula is C13H22N2S. The van der Waals surface area contributed by atoms with E-state index in [-0.39, 0.29) is 0 Å². The molecule has 1 aromatic carbocycles. The van der Waals surface area contributed by atoms with E-state index in [0.29, 0.717) is 0 Å². The Hall–Kier alpha value is -0.670. The molecule has 0 unspecified atom stereocenters. The molecule has 16 heavy (non-hydrogen) atoms. The minimum atomic E-state index is 0.839.